The number of nitrogens with one attached hydrogen (secondary N) is 1. The van der Waals surface area contributed by atoms with Crippen molar-refractivity contribution in [2.75, 3.05) is 6.54 Å². The SMILES string of the molecule is Cc1ccc(CN2C(=O)CCC2CC(=O)NCC(C)C)cc1. The Balaban J connectivity index is 1.94. The monoisotopic (exact) mass is 302 g/mol. The Labute approximate surface area is 132 Å². The first-order chi connectivity index (χ1) is 10.5. The summed E-state index contributed by atoms with van der Waals surface area (Å²) in [6.45, 7) is 7.48. The largest absolute Gasteiger partial charge is 0.356 e. The Morgan fingerprint density at radius 1 is 1.32 bits per heavy atom. The molecule has 0 saturated carbocycles. The second kappa shape index (κ2) is 7.43. The molecule has 4 heteroatoms. The second-order valence-corrected chi connectivity index (χ2v) is 6.60. The van der Waals surface area contributed by atoms with Crippen LogP contribution in [-0.4, -0.2) is 29.3 Å². The zero-order valence-corrected chi connectivity index (χ0v) is 13.8. The van der Waals surface area contributed by atoms with Gasteiger partial charge in [0.2, 0.25) is 11.8 Å². The van der Waals surface area contributed by atoms with E-state index < -0.39 is 0 Å². The van der Waals surface area contributed by atoms with Gasteiger partial charge in [-0.05, 0) is 24.8 Å². The van der Waals surface area contributed by atoms with Crippen LogP contribution in [0.2, 0.25) is 0 Å². The van der Waals surface area contributed by atoms with Crippen LogP contribution in [0.5, 0.6) is 0 Å². The Morgan fingerprint density at radius 2 is 2.00 bits per heavy atom. The van der Waals surface area contributed by atoms with Crippen molar-refractivity contribution in [3.63, 3.8) is 0 Å². The number of amides is 2. The summed E-state index contributed by atoms with van der Waals surface area (Å²) < 4.78 is 0. The summed E-state index contributed by atoms with van der Waals surface area (Å²) in [6.07, 6.45) is 1.73. The molecule has 1 heterocycles. The van der Waals surface area contributed by atoms with Crippen molar-refractivity contribution < 1.29 is 9.59 Å². The first-order valence-corrected chi connectivity index (χ1v) is 8.07. The van der Waals surface area contributed by atoms with E-state index in [2.05, 4.69) is 43.4 Å². The van der Waals surface area contributed by atoms with Crippen molar-refractivity contribution in [2.45, 2.75) is 52.6 Å². The van der Waals surface area contributed by atoms with E-state index in [9.17, 15) is 9.59 Å². The average Bonchev–Trinajstić information content (AvgIpc) is 2.80. The zero-order valence-electron chi connectivity index (χ0n) is 13.8. The maximum absolute atomic E-state index is 12.1. The van der Waals surface area contributed by atoms with Gasteiger partial charge in [0.05, 0.1) is 0 Å². The maximum Gasteiger partial charge on any atom is 0.223 e. The number of aryl methyl sites for hydroxylation is 1. The second-order valence-electron chi connectivity index (χ2n) is 6.60. The molecule has 4 nitrogen and oxygen atoms in total. The molecule has 2 amide bonds. The third-order valence-electron chi connectivity index (χ3n) is 4.05. The fraction of sp³-hybridized carbons (Fsp3) is 0.556. The van der Waals surface area contributed by atoms with Gasteiger partial charge in [0, 0.05) is 32.0 Å². The van der Waals surface area contributed by atoms with Crippen LogP contribution in [0.4, 0.5) is 0 Å². The van der Waals surface area contributed by atoms with Crippen molar-refractivity contribution in [1.82, 2.24) is 10.2 Å². The van der Waals surface area contributed by atoms with E-state index >= 15 is 0 Å². The molecule has 1 aromatic rings. The molecule has 0 aromatic heterocycles. The van der Waals surface area contributed by atoms with E-state index in [0.717, 1.165) is 12.0 Å². The third-order valence-corrected chi connectivity index (χ3v) is 4.05. The van der Waals surface area contributed by atoms with Crippen molar-refractivity contribution in [2.24, 2.45) is 5.92 Å². The fourth-order valence-electron chi connectivity index (χ4n) is 2.72. The minimum atomic E-state index is 0.0287. The van der Waals surface area contributed by atoms with Crippen molar-refractivity contribution in [1.29, 1.82) is 0 Å². The van der Waals surface area contributed by atoms with E-state index in [-0.39, 0.29) is 17.9 Å². The normalized spacial score (nSPS) is 18.1. The molecule has 1 aromatic carbocycles. The molecule has 2 rings (SSSR count). The van der Waals surface area contributed by atoms with Gasteiger partial charge in [-0.15, -0.1) is 0 Å². The van der Waals surface area contributed by atoms with Crippen molar-refractivity contribution >= 4 is 11.8 Å². The Hall–Kier alpha value is -1.84. The minimum absolute atomic E-state index is 0.0287. The lowest BCUT2D eigenvalue weighted by Crippen LogP contribution is -2.37. The number of carbonyl (C=O) groups excluding carboxylic acids is 2. The number of likely N-dealkylation sites (tertiary alicyclic amines) is 1. The van der Waals surface area contributed by atoms with E-state index in [1.807, 2.05) is 11.8 Å². The lowest BCUT2D eigenvalue weighted by Gasteiger charge is -2.25. The topological polar surface area (TPSA) is 49.4 Å². The van der Waals surface area contributed by atoms with Crippen LogP contribution >= 0.6 is 0 Å². The van der Waals surface area contributed by atoms with Gasteiger partial charge in [0.1, 0.15) is 0 Å². The molecular formula is C18H26N2O2. The summed E-state index contributed by atoms with van der Waals surface area (Å²) in [5.74, 6) is 0.641. The highest BCUT2D eigenvalue weighted by molar-refractivity contribution is 5.82. The minimum Gasteiger partial charge on any atom is -0.356 e. The van der Waals surface area contributed by atoms with Gasteiger partial charge in [-0.25, -0.2) is 0 Å². The smallest absolute Gasteiger partial charge is 0.223 e. The molecule has 1 saturated heterocycles. The number of hydrogen-bond acceptors (Lipinski definition) is 2. The third kappa shape index (κ3) is 4.58. The summed E-state index contributed by atoms with van der Waals surface area (Å²) in [6, 6.07) is 8.25. The molecule has 0 spiro atoms. The van der Waals surface area contributed by atoms with Crippen LogP contribution in [-0.2, 0) is 16.1 Å². The highest BCUT2D eigenvalue weighted by atomic mass is 16.2. The highest BCUT2D eigenvalue weighted by Gasteiger charge is 2.32. The predicted octanol–water partition coefficient (Wildman–Crippen LogP) is 2.65. The summed E-state index contributed by atoms with van der Waals surface area (Å²) >= 11 is 0. The molecule has 1 atom stereocenters. The average molecular weight is 302 g/mol. The number of benzene rings is 1. The van der Waals surface area contributed by atoms with Gasteiger partial charge >= 0.3 is 0 Å². The highest BCUT2D eigenvalue weighted by Crippen LogP contribution is 2.24. The summed E-state index contributed by atoms with van der Waals surface area (Å²) in [5, 5.41) is 2.94. The van der Waals surface area contributed by atoms with Crippen LogP contribution < -0.4 is 5.32 Å². The molecule has 120 valence electrons. The van der Waals surface area contributed by atoms with Crippen molar-refractivity contribution in [3.8, 4) is 0 Å². The number of hydrogen-bond donors (Lipinski definition) is 1. The Morgan fingerprint density at radius 3 is 2.64 bits per heavy atom. The van der Waals surface area contributed by atoms with Crippen LogP contribution in [0.15, 0.2) is 24.3 Å². The van der Waals surface area contributed by atoms with Gasteiger partial charge in [0.25, 0.3) is 0 Å². The van der Waals surface area contributed by atoms with Crippen LogP contribution in [0.1, 0.15) is 44.2 Å². The lowest BCUT2D eigenvalue weighted by molar-refractivity contribution is -0.130. The number of rotatable bonds is 6. The Bertz CT molecular complexity index is 522. The fourth-order valence-corrected chi connectivity index (χ4v) is 2.72. The molecule has 0 bridgehead atoms. The van der Waals surface area contributed by atoms with E-state index in [1.165, 1.54) is 5.56 Å². The van der Waals surface area contributed by atoms with Gasteiger partial charge in [-0.3, -0.25) is 9.59 Å². The molecule has 1 fully saturated rings. The van der Waals surface area contributed by atoms with E-state index in [4.69, 9.17) is 0 Å². The molecule has 1 unspecified atom stereocenters. The molecule has 1 aliphatic rings. The predicted molar refractivity (Wildman–Crippen MR) is 87.2 cm³/mol. The van der Waals surface area contributed by atoms with Crippen molar-refractivity contribution in [3.05, 3.63) is 35.4 Å². The molecule has 0 radical (unpaired) electrons. The number of nitrogens with zero attached hydrogens (tertiary/aromatic N) is 1. The maximum atomic E-state index is 12.1. The standard InChI is InChI=1S/C18H26N2O2/c1-13(2)11-19-17(21)10-16-8-9-18(22)20(16)12-15-6-4-14(3)5-7-15/h4-7,13,16H,8-12H2,1-3H3,(H,19,21). The van der Waals surface area contributed by atoms with Gasteiger partial charge in [-0.2, -0.15) is 0 Å². The van der Waals surface area contributed by atoms with Gasteiger partial charge in [-0.1, -0.05) is 43.7 Å². The first kappa shape index (κ1) is 16.5. The molecule has 1 N–H and O–H groups in total. The molecule has 1 aliphatic heterocycles. The van der Waals surface area contributed by atoms with Crippen LogP contribution in [0.3, 0.4) is 0 Å². The summed E-state index contributed by atoms with van der Waals surface area (Å²) in [7, 11) is 0. The first-order valence-electron chi connectivity index (χ1n) is 8.07. The lowest BCUT2D eigenvalue weighted by atomic mass is 10.1. The van der Waals surface area contributed by atoms with E-state index in [0.29, 0.717) is 31.8 Å². The van der Waals surface area contributed by atoms with Gasteiger partial charge in [0.15, 0.2) is 0 Å². The molecule has 22 heavy (non-hydrogen) atoms. The summed E-state index contributed by atoms with van der Waals surface area (Å²) in [5.41, 5.74) is 2.33. The van der Waals surface area contributed by atoms with Crippen LogP contribution in [0, 0.1) is 12.8 Å². The quantitative estimate of drug-likeness (QED) is 0.878. The summed E-state index contributed by atoms with van der Waals surface area (Å²) in [4.78, 5) is 26.0. The molecular weight excluding hydrogens is 276 g/mol. The Kier molecular flexibility index (Phi) is 5.58. The van der Waals surface area contributed by atoms with Crippen LogP contribution in [0.25, 0.3) is 0 Å². The van der Waals surface area contributed by atoms with E-state index in [1.54, 1.807) is 0 Å². The van der Waals surface area contributed by atoms with Gasteiger partial charge < -0.3 is 10.2 Å². The molecule has 0 aliphatic carbocycles. The number of carbonyl (C=O) groups is 2. The zero-order chi connectivity index (χ0) is 16.1.